The summed E-state index contributed by atoms with van der Waals surface area (Å²) in [6.45, 7) is 0. The number of benzene rings is 12. The normalized spacial score (nSPS) is 12.0. The van der Waals surface area contributed by atoms with Gasteiger partial charge in [-0.2, -0.15) is 0 Å². The van der Waals surface area contributed by atoms with E-state index in [9.17, 15) is 0 Å². The fourth-order valence-electron chi connectivity index (χ4n) is 10.8. The van der Waals surface area contributed by atoms with Gasteiger partial charge in [0.1, 0.15) is 5.65 Å². The minimum atomic E-state index is 0.994. The molecule has 0 radical (unpaired) electrons. The number of pyridine rings is 1. The molecule has 300 valence electrons. The predicted molar refractivity (Wildman–Crippen MR) is 277 cm³/mol. The van der Waals surface area contributed by atoms with Crippen LogP contribution in [0.15, 0.2) is 231 Å². The first-order chi connectivity index (χ1) is 32.2. The number of aromatic nitrogens is 2. The Bertz CT molecular complexity index is 4310. The fourth-order valence-corrected chi connectivity index (χ4v) is 10.8. The number of nitrogens with zero attached hydrogens (tertiary/aromatic N) is 2. The van der Waals surface area contributed by atoms with Crippen LogP contribution in [0.4, 0.5) is 0 Å². The highest BCUT2D eigenvalue weighted by Gasteiger charge is 2.19. The minimum absolute atomic E-state index is 0.994. The van der Waals surface area contributed by atoms with Crippen LogP contribution >= 0.6 is 0 Å². The molecule has 14 rings (SSSR count). The maximum atomic E-state index is 5.12. The molecule has 2 aromatic heterocycles. The van der Waals surface area contributed by atoms with E-state index < -0.39 is 0 Å². The second-order valence-corrected chi connectivity index (χ2v) is 17.5. The molecule has 0 aliphatic carbocycles. The summed E-state index contributed by atoms with van der Waals surface area (Å²) in [6, 6.07) is 85.1. The van der Waals surface area contributed by atoms with Crippen molar-refractivity contribution >= 4 is 92.2 Å². The third kappa shape index (κ3) is 5.57. The number of para-hydroxylation sites is 3. The van der Waals surface area contributed by atoms with Gasteiger partial charge in [0.05, 0.1) is 16.6 Å². The van der Waals surface area contributed by atoms with Gasteiger partial charge in [0.2, 0.25) is 0 Å². The molecule has 0 aliphatic rings. The van der Waals surface area contributed by atoms with Crippen LogP contribution in [0.25, 0.3) is 137 Å². The molecule has 2 heterocycles. The van der Waals surface area contributed by atoms with Gasteiger partial charge >= 0.3 is 0 Å². The molecule has 0 N–H and O–H groups in total. The molecular formula is C63H38N2. The Hall–Kier alpha value is -8.59. The van der Waals surface area contributed by atoms with Gasteiger partial charge in [-0.3, -0.25) is 4.40 Å². The van der Waals surface area contributed by atoms with Crippen molar-refractivity contribution in [2.24, 2.45) is 0 Å². The summed E-state index contributed by atoms with van der Waals surface area (Å²) < 4.78 is 2.31. The summed E-state index contributed by atoms with van der Waals surface area (Å²) in [5.41, 5.74) is 14.1. The van der Waals surface area contributed by atoms with E-state index in [1.165, 1.54) is 115 Å². The number of imidazole rings is 1. The number of hydrogen-bond acceptors (Lipinski definition) is 1. The van der Waals surface area contributed by atoms with Crippen LogP contribution in [-0.4, -0.2) is 9.38 Å². The van der Waals surface area contributed by atoms with Gasteiger partial charge in [0.15, 0.2) is 0 Å². The molecule has 0 unspecified atom stereocenters. The van der Waals surface area contributed by atoms with Crippen LogP contribution in [0.1, 0.15) is 0 Å². The van der Waals surface area contributed by atoms with E-state index in [2.05, 4.69) is 235 Å². The maximum Gasteiger partial charge on any atom is 0.146 e. The first-order valence-corrected chi connectivity index (χ1v) is 22.4. The predicted octanol–water partition coefficient (Wildman–Crippen LogP) is 17.2. The van der Waals surface area contributed by atoms with Gasteiger partial charge in [-0.1, -0.05) is 170 Å². The molecule has 0 saturated carbocycles. The van der Waals surface area contributed by atoms with Crippen LogP contribution in [0.5, 0.6) is 0 Å². The lowest BCUT2D eigenvalue weighted by Crippen LogP contribution is -1.92. The van der Waals surface area contributed by atoms with Crippen molar-refractivity contribution in [3.8, 4) is 44.5 Å². The Morgan fingerprint density at radius 2 is 0.646 bits per heavy atom. The van der Waals surface area contributed by atoms with Gasteiger partial charge in [-0.25, -0.2) is 4.98 Å². The molecule has 2 nitrogen and oxygen atoms in total. The summed E-state index contributed by atoms with van der Waals surface area (Å²) >= 11 is 0. The molecular weight excluding hydrogens is 785 g/mol. The zero-order valence-corrected chi connectivity index (χ0v) is 35.3. The molecule has 0 aliphatic heterocycles. The van der Waals surface area contributed by atoms with Gasteiger partial charge in [0, 0.05) is 10.8 Å². The monoisotopic (exact) mass is 822 g/mol. The van der Waals surface area contributed by atoms with Crippen molar-refractivity contribution in [2.75, 3.05) is 0 Å². The molecule has 0 bridgehead atoms. The molecule has 0 atom stereocenters. The van der Waals surface area contributed by atoms with Crippen LogP contribution in [0, 0.1) is 0 Å². The SMILES string of the molecule is c1ccc2cc(-c3c4ccccc4c(-c4ccc5ccccc5c4)c4cc(-c5ccc6cc(-c7ccc8c(c7)c7ccccc7n7c9ccccc9nc87)ccc6c5)ccc34)ccc2c1. The van der Waals surface area contributed by atoms with E-state index in [0.717, 1.165) is 22.1 Å². The standard InChI is InChI=1S/C63H38N2/c1-3-13-41-35-49(27-21-39(41)11-1)61-52-16-5-6-17-53(52)62(50-28-22-40-12-2-4-14-42(40)36-50)57-38-48(29-31-54(57)61)46-26-24-43-33-45(25-23-44(43)34-46)47-30-32-55-56(37-47)51-15-7-9-19-59(51)65-60-20-10-8-18-58(60)64-63(55)65/h1-38H. The lowest BCUT2D eigenvalue weighted by atomic mass is 9.84. The van der Waals surface area contributed by atoms with Crippen LogP contribution in [0.2, 0.25) is 0 Å². The third-order valence-electron chi connectivity index (χ3n) is 13.9. The Labute approximate surface area is 374 Å². The minimum Gasteiger partial charge on any atom is -0.292 e. The molecule has 65 heavy (non-hydrogen) atoms. The smallest absolute Gasteiger partial charge is 0.146 e. The summed E-state index contributed by atoms with van der Waals surface area (Å²) in [4.78, 5) is 5.12. The molecule has 14 aromatic rings. The molecule has 12 aromatic carbocycles. The van der Waals surface area contributed by atoms with E-state index in [-0.39, 0.29) is 0 Å². The molecule has 2 heteroatoms. The summed E-state index contributed by atoms with van der Waals surface area (Å²) in [7, 11) is 0. The zero-order chi connectivity index (χ0) is 42.6. The van der Waals surface area contributed by atoms with Crippen LogP contribution < -0.4 is 0 Å². The maximum absolute atomic E-state index is 5.12. The van der Waals surface area contributed by atoms with Crippen molar-refractivity contribution in [1.29, 1.82) is 0 Å². The van der Waals surface area contributed by atoms with Crippen LogP contribution in [0.3, 0.4) is 0 Å². The second-order valence-electron chi connectivity index (χ2n) is 17.5. The van der Waals surface area contributed by atoms with Crippen molar-refractivity contribution in [2.45, 2.75) is 0 Å². The largest absolute Gasteiger partial charge is 0.292 e. The molecule has 0 amide bonds. The van der Waals surface area contributed by atoms with Gasteiger partial charge in [-0.05, 0) is 164 Å². The Morgan fingerprint density at radius 1 is 0.246 bits per heavy atom. The Morgan fingerprint density at radius 3 is 1.29 bits per heavy atom. The fraction of sp³-hybridized carbons (Fsp3) is 0. The lowest BCUT2D eigenvalue weighted by molar-refractivity contribution is 1.31. The van der Waals surface area contributed by atoms with Crippen molar-refractivity contribution < 1.29 is 0 Å². The first-order valence-electron chi connectivity index (χ1n) is 22.4. The van der Waals surface area contributed by atoms with Gasteiger partial charge < -0.3 is 0 Å². The van der Waals surface area contributed by atoms with Crippen molar-refractivity contribution in [3.05, 3.63) is 231 Å². The summed E-state index contributed by atoms with van der Waals surface area (Å²) in [5.74, 6) is 0. The molecule has 0 fully saturated rings. The summed E-state index contributed by atoms with van der Waals surface area (Å²) in [6.07, 6.45) is 0. The van der Waals surface area contributed by atoms with Gasteiger partial charge in [-0.15, -0.1) is 0 Å². The second kappa shape index (κ2) is 14.0. The molecule has 0 saturated heterocycles. The highest BCUT2D eigenvalue weighted by Crippen LogP contribution is 2.46. The average Bonchev–Trinajstić information content (AvgIpc) is 3.77. The number of fused-ring (bicyclic) bond motifs is 13. The highest BCUT2D eigenvalue weighted by molar-refractivity contribution is 6.23. The quantitative estimate of drug-likeness (QED) is 0.128. The highest BCUT2D eigenvalue weighted by atomic mass is 15.0. The third-order valence-corrected chi connectivity index (χ3v) is 13.9. The number of hydrogen-bond donors (Lipinski definition) is 0. The van der Waals surface area contributed by atoms with Gasteiger partial charge in [0.25, 0.3) is 0 Å². The lowest BCUT2D eigenvalue weighted by Gasteiger charge is -2.19. The van der Waals surface area contributed by atoms with E-state index in [4.69, 9.17) is 4.98 Å². The van der Waals surface area contributed by atoms with E-state index in [1.54, 1.807) is 0 Å². The number of rotatable bonds is 4. The van der Waals surface area contributed by atoms with Crippen LogP contribution in [-0.2, 0) is 0 Å². The van der Waals surface area contributed by atoms with Crippen molar-refractivity contribution in [1.82, 2.24) is 9.38 Å². The average molecular weight is 823 g/mol. The Kier molecular flexibility index (Phi) is 7.72. The first kappa shape index (κ1) is 35.9. The topological polar surface area (TPSA) is 17.3 Å². The Balaban J connectivity index is 0.924. The zero-order valence-electron chi connectivity index (χ0n) is 35.3. The van der Waals surface area contributed by atoms with E-state index >= 15 is 0 Å². The summed E-state index contributed by atoms with van der Waals surface area (Å²) in [5, 5.41) is 16.0. The van der Waals surface area contributed by atoms with E-state index in [1.807, 2.05) is 0 Å². The van der Waals surface area contributed by atoms with Crippen molar-refractivity contribution in [3.63, 3.8) is 0 Å². The molecule has 0 spiro atoms. The van der Waals surface area contributed by atoms with E-state index in [0.29, 0.717) is 0 Å².